The molecule has 0 saturated heterocycles. The highest BCUT2D eigenvalue weighted by molar-refractivity contribution is 7.98. The van der Waals surface area contributed by atoms with E-state index in [-0.39, 0.29) is 6.04 Å². The minimum Gasteiger partial charge on any atom is -0.323 e. The minimum atomic E-state index is -0.0250. The molecule has 1 aliphatic rings. The van der Waals surface area contributed by atoms with Crippen molar-refractivity contribution in [2.45, 2.75) is 24.3 Å². The maximum Gasteiger partial charge on any atom is 0.248 e. The van der Waals surface area contributed by atoms with E-state index in [1.165, 1.54) is 10.5 Å². The zero-order valence-electron chi connectivity index (χ0n) is 14.2. The topological polar surface area (TPSA) is 55.6 Å². The van der Waals surface area contributed by atoms with Crippen LogP contribution in [0.15, 0.2) is 59.5 Å². The maximum atomic E-state index is 4.16. The van der Waals surface area contributed by atoms with Gasteiger partial charge in [0.1, 0.15) is 6.04 Å². The fourth-order valence-corrected chi connectivity index (χ4v) is 3.39. The van der Waals surface area contributed by atoms with Crippen LogP contribution in [0.5, 0.6) is 0 Å². The number of nitrogens with zero attached hydrogens (tertiary/aromatic N) is 4. The summed E-state index contributed by atoms with van der Waals surface area (Å²) in [4.78, 5) is 1.24. The van der Waals surface area contributed by atoms with Crippen molar-refractivity contribution < 1.29 is 0 Å². The van der Waals surface area contributed by atoms with E-state index in [4.69, 9.17) is 0 Å². The van der Waals surface area contributed by atoms with Gasteiger partial charge in [0.05, 0.1) is 0 Å². The highest BCUT2D eigenvalue weighted by Gasteiger charge is 2.24. The lowest BCUT2D eigenvalue weighted by atomic mass is 10.0. The predicted octanol–water partition coefficient (Wildman–Crippen LogP) is 4.01. The van der Waals surface area contributed by atoms with Gasteiger partial charge < -0.3 is 5.32 Å². The van der Waals surface area contributed by atoms with Gasteiger partial charge in [0.25, 0.3) is 0 Å². The second kappa shape index (κ2) is 6.72. The molecule has 0 bridgehead atoms. The number of tetrazole rings is 1. The van der Waals surface area contributed by atoms with Crippen LogP contribution in [-0.4, -0.2) is 26.5 Å². The zero-order chi connectivity index (χ0) is 17.2. The van der Waals surface area contributed by atoms with Crippen LogP contribution in [0, 0.1) is 0 Å². The highest BCUT2D eigenvalue weighted by atomic mass is 32.2. The highest BCUT2D eigenvalue weighted by Crippen LogP contribution is 2.32. The van der Waals surface area contributed by atoms with Gasteiger partial charge in [0, 0.05) is 10.6 Å². The maximum absolute atomic E-state index is 4.16. The number of benzene rings is 2. The minimum absolute atomic E-state index is 0.0250. The number of thioether (sulfide) groups is 1. The first kappa shape index (κ1) is 15.9. The molecule has 2 aromatic carbocycles. The Morgan fingerprint density at radius 1 is 1.08 bits per heavy atom. The number of aromatic nitrogens is 4. The van der Waals surface area contributed by atoms with Crippen LogP contribution in [0.1, 0.15) is 29.7 Å². The Labute approximate surface area is 151 Å². The third-order valence-electron chi connectivity index (χ3n) is 4.46. The molecule has 0 saturated carbocycles. The van der Waals surface area contributed by atoms with Gasteiger partial charge in [0.2, 0.25) is 5.95 Å². The van der Waals surface area contributed by atoms with Gasteiger partial charge in [-0.3, -0.25) is 0 Å². The van der Waals surface area contributed by atoms with Gasteiger partial charge >= 0.3 is 0 Å². The Hall–Kier alpha value is -2.60. The molecule has 1 N–H and O–H groups in total. The summed E-state index contributed by atoms with van der Waals surface area (Å²) in [6.07, 6.45) is 5.30. The molecule has 1 aliphatic heterocycles. The number of nitrogens with one attached hydrogen (secondary N) is 1. The number of fused-ring (bicyclic) bond motifs is 1. The molecule has 0 fully saturated rings. The van der Waals surface area contributed by atoms with E-state index < -0.39 is 0 Å². The van der Waals surface area contributed by atoms with Crippen molar-refractivity contribution in [2.24, 2.45) is 0 Å². The largest absolute Gasteiger partial charge is 0.323 e. The molecule has 0 spiro atoms. The Kier molecular flexibility index (Phi) is 4.28. The van der Waals surface area contributed by atoms with E-state index in [9.17, 15) is 0 Å². The van der Waals surface area contributed by atoms with E-state index in [1.807, 2.05) is 4.68 Å². The molecule has 2 heterocycles. The van der Waals surface area contributed by atoms with Gasteiger partial charge in [-0.2, -0.15) is 4.68 Å². The molecule has 1 unspecified atom stereocenters. The quantitative estimate of drug-likeness (QED) is 0.721. The molecule has 0 amide bonds. The van der Waals surface area contributed by atoms with E-state index >= 15 is 0 Å². The summed E-state index contributed by atoms with van der Waals surface area (Å²) in [5.74, 6) is 0.663. The summed E-state index contributed by atoms with van der Waals surface area (Å²) >= 11 is 1.74. The standard InChI is InChI=1S/C19H19N5S/c1-3-13-4-6-14(7-5-13)17-12-18(24-19(20-17)21-22-23-24)15-8-10-16(25-2)11-9-15/h4-12,18H,3H2,1-2H3,(H,20,21,23). The van der Waals surface area contributed by atoms with Crippen LogP contribution in [0.4, 0.5) is 5.95 Å². The molecule has 1 atom stereocenters. The van der Waals surface area contributed by atoms with Crippen molar-refractivity contribution in [3.05, 3.63) is 71.3 Å². The Bertz CT molecular complexity index is 896. The van der Waals surface area contributed by atoms with Gasteiger partial charge in [-0.1, -0.05) is 48.4 Å². The van der Waals surface area contributed by atoms with E-state index in [0.29, 0.717) is 5.95 Å². The van der Waals surface area contributed by atoms with Crippen LogP contribution in [0.2, 0.25) is 0 Å². The van der Waals surface area contributed by atoms with E-state index in [0.717, 1.165) is 23.2 Å². The molecule has 25 heavy (non-hydrogen) atoms. The second-order valence-corrected chi connectivity index (χ2v) is 6.80. The van der Waals surface area contributed by atoms with Crippen LogP contribution in [0.25, 0.3) is 5.70 Å². The van der Waals surface area contributed by atoms with Crippen LogP contribution >= 0.6 is 11.8 Å². The summed E-state index contributed by atoms with van der Waals surface area (Å²) in [7, 11) is 0. The van der Waals surface area contributed by atoms with E-state index in [1.54, 1.807) is 11.8 Å². The van der Waals surface area contributed by atoms with Gasteiger partial charge in [-0.15, -0.1) is 11.8 Å². The lowest BCUT2D eigenvalue weighted by molar-refractivity contribution is 0.585. The average molecular weight is 349 g/mol. The fourth-order valence-electron chi connectivity index (χ4n) is 2.98. The Morgan fingerprint density at radius 3 is 2.52 bits per heavy atom. The molecule has 6 heteroatoms. The van der Waals surface area contributed by atoms with E-state index in [2.05, 4.69) is 88.6 Å². The van der Waals surface area contributed by atoms with Crippen molar-refractivity contribution in [3.63, 3.8) is 0 Å². The zero-order valence-corrected chi connectivity index (χ0v) is 15.0. The lowest BCUT2D eigenvalue weighted by Gasteiger charge is -2.23. The monoisotopic (exact) mass is 349 g/mol. The smallest absolute Gasteiger partial charge is 0.248 e. The first-order valence-electron chi connectivity index (χ1n) is 8.28. The summed E-state index contributed by atoms with van der Waals surface area (Å²) in [6.45, 7) is 2.16. The Balaban J connectivity index is 1.74. The molecule has 126 valence electrons. The van der Waals surface area contributed by atoms with Crippen molar-refractivity contribution in [1.82, 2.24) is 20.2 Å². The summed E-state index contributed by atoms with van der Waals surface area (Å²) in [6, 6.07) is 17.1. The molecule has 3 aromatic rings. The number of aryl methyl sites for hydroxylation is 1. The Morgan fingerprint density at radius 2 is 1.84 bits per heavy atom. The summed E-state index contributed by atoms with van der Waals surface area (Å²) in [5.41, 5.74) is 4.66. The van der Waals surface area contributed by atoms with Crippen LogP contribution in [0.3, 0.4) is 0 Å². The van der Waals surface area contributed by atoms with Gasteiger partial charge in [-0.05, 0) is 58.0 Å². The second-order valence-electron chi connectivity index (χ2n) is 5.92. The fraction of sp³-hybridized carbons (Fsp3) is 0.211. The van der Waals surface area contributed by atoms with Crippen LogP contribution in [-0.2, 0) is 6.42 Å². The van der Waals surface area contributed by atoms with Crippen molar-refractivity contribution in [1.29, 1.82) is 0 Å². The molecule has 4 rings (SSSR count). The molecule has 0 radical (unpaired) electrons. The SMILES string of the molecule is CCc1ccc(C2=CC(c3ccc(SC)cc3)n3nnnc3N2)cc1. The average Bonchev–Trinajstić information content (AvgIpc) is 3.16. The van der Waals surface area contributed by atoms with Crippen molar-refractivity contribution in [3.8, 4) is 0 Å². The number of allylic oxidation sites excluding steroid dienone is 1. The van der Waals surface area contributed by atoms with Gasteiger partial charge in [0.15, 0.2) is 0 Å². The number of hydrogen-bond acceptors (Lipinski definition) is 5. The molecule has 0 aliphatic carbocycles. The summed E-state index contributed by atoms with van der Waals surface area (Å²) in [5, 5.41) is 15.4. The van der Waals surface area contributed by atoms with Crippen LogP contribution < -0.4 is 5.32 Å². The predicted molar refractivity (Wildman–Crippen MR) is 102 cm³/mol. The third-order valence-corrected chi connectivity index (χ3v) is 5.20. The number of rotatable bonds is 4. The van der Waals surface area contributed by atoms with Gasteiger partial charge in [-0.25, -0.2) is 0 Å². The lowest BCUT2D eigenvalue weighted by Crippen LogP contribution is -2.20. The first-order valence-corrected chi connectivity index (χ1v) is 9.51. The third kappa shape index (κ3) is 3.05. The number of anilines is 1. The molecular formula is C19H19N5S. The number of hydrogen-bond donors (Lipinski definition) is 1. The molecule has 1 aromatic heterocycles. The summed E-state index contributed by atoms with van der Waals surface area (Å²) < 4.78 is 1.82. The molecular weight excluding hydrogens is 330 g/mol. The van der Waals surface area contributed by atoms with Crippen molar-refractivity contribution >= 4 is 23.4 Å². The van der Waals surface area contributed by atoms with Crippen molar-refractivity contribution in [2.75, 3.05) is 11.6 Å². The normalized spacial score (nSPS) is 16.1. The first-order chi connectivity index (χ1) is 12.3. The molecule has 5 nitrogen and oxygen atoms in total.